The van der Waals surface area contributed by atoms with Crippen LogP contribution in [0.15, 0.2) is 65.8 Å². The largest absolute Gasteiger partial charge is 0.495 e. The van der Waals surface area contributed by atoms with Crippen LogP contribution in [0.4, 0.5) is 11.4 Å². The topological polar surface area (TPSA) is 123 Å². The molecule has 3 rings (SSSR count). The van der Waals surface area contributed by atoms with Crippen LogP contribution in [0.1, 0.15) is 12.5 Å². The minimum Gasteiger partial charge on any atom is -0.495 e. The van der Waals surface area contributed by atoms with Crippen molar-refractivity contribution >= 4 is 21.4 Å². The molecule has 3 aromatic rings. The smallest absolute Gasteiger partial charge is 0.268 e. The highest BCUT2D eigenvalue weighted by Gasteiger charge is 2.30. The fraction of sp³-hybridized carbons (Fsp3) is 0.360. The first kappa shape index (κ1) is 27.2. The lowest BCUT2D eigenvalue weighted by molar-refractivity contribution is 0.0480. The molecule has 1 unspecified atom stereocenters. The fourth-order valence-electron chi connectivity index (χ4n) is 3.51. The summed E-state index contributed by atoms with van der Waals surface area (Å²) < 4.78 is 45.3. The van der Waals surface area contributed by atoms with Gasteiger partial charge in [0.1, 0.15) is 23.0 Å². The molecule has 1 atom stereocenters. The number of nitrogens with one attached hydrogen (secondary N) is 1. The molecular formula is C25H32N4O6S. The van der Waals surface area contributed by atoms with E-state index in [2.05, 4.69) is 15.5 Å². The predicted octanol–water partition coefficient (Wildman–Crippen LogP) is 2.88. The van der Waals surface area contributed by atoms with Crippen molar-refractivity contribution in [3.63, 3.8) is 0 Å². The molecule has 1 aromatic heterocycles. The number of para-hydroxylation sites is 1. The molecule has 0 aliphatic carbocycles. The molecule has 0 amide bonds. The average Bonchev–Trinajstić information content (AvgIpc) is 2.88. The first-order chi connectivity index (χ1) is 17.3. The molecule has 0 saturated heterocycles. The van der Waals surface area contributed by atoms with Crippen LogP contribution >= 0.6 is 0 Å². The van der Waals surface area contributed by atoms with Gasteiger partial charge in [0.2, 0.25) is 0 Å². The van der Waals surface area contributed by atoms with E-state index in [4.69, 9.17) is 14.2 Å². The van der Waals surface area contributed by atoms with Gasteiger partial charge >= 0.3 is 0 Å². The van der Waals surface area contributed by atoms with Crippen LogP contribution in [-0.2, 0) is 14.8 Å². The van der Waals surface area contributed by atoms with Crippen LogP contribution in [0.2, 0.25) is 0 Å². The zero-order valence-corrected chi connectivity index (χ0v) is 21.4. The highest BCUT2D eigenvalue weighted by molar-refractivity contribution is 7.93. The van der Waals surface area contributed by atoms with Crippen LogP contribution in [0.5, 0.6) is 11.5 Å². The molecule has 0 fully saturated rings. The number of benzene rings is 2. The lowest BCUT2D eigenvalue weighted by Gasteiger charge is -2.28. The summed E-state index contributed by atoms with van der Waals surface area (Å²) in [6.45, 7) is 4.69. The summed E-state index contributed by atoms with van der Waals surface area (Å²) in [5, 5.41) is 21.3. The molecular weight excluding hydrogens is 484 g/mol. The summed E-state index contributed by atoms with van der Waals surface area (Å²) in [5.41, 5.74) is 1.97. The summed E-state index contributed by atoms with van der Waals surface area (Å²) in [5.74, 6) is 0.710. The van der Waals surface area contributed by atoms with E-state index >= 15 is 0 Å². The lowest BCUT2D eigenvalue weighted by atomic mass is 10.2. The lowest BCUT2D eigenvalue weighted by Crippen LogP contribution is -2.39. The van der Waals surface area contributed by atoms with E-state index in [1.165, 1.54) is 13.2 Å². The Morgan fingerprint density at radius 1 is 1.14 bits per heavy atom. The van der Waals surface area contributed by atoms with Gasteiger partial charge in [0.25, 0.3) is 10.0 Å². The van der Waals surface area contributed by atoms with Crippen LogP contribution in [0, 0.1) is 6.92 Å². The van der Waals surface area contributed by atoms with E-state index in [1.807, 2.05) is 13.0 Å². The van der Waals surface area contributed by atoms with Crippen molar-refractivity contribution in [2.24, 2.45) is 0 Å². The maximum Gasteiger partial charge on any atom is 0.268 e. The zero-order chi connectivity index (χ0) is 26.0. The number of aromatic nitrogens is 2. The average molecular weight is 517 g/mol. The molecule has 2 N–H and O–H groups in total. The Labute approximate surface area is 211 Å². The highest BCUT2D eigenvalue weighted by atomic mass is 32.2. The number of aryl methyl sites for hydroxylation is 1. The first-order valence-corrected chi connectivity index (χ1v) is 13.0. The molecule has 0 radical (unpaired) electrons. The predicted molar refractivity (Wildman–Crippen MR) is 137 cm³/mol. The van der Waals surface area contributed by atoms with Gasteiger partial charge in [-0.1, -0.05) is 12.1 Å². The second-order valence-electron chi connectivity index (χ2n) is 7.91. The molecule has 0 spiro atoms. The second-order valence-corrected chi connectivity index (χ2v) is 9.74. The van der Waals surface area contributed by atoms with Crippen LogP contribution < -0.4 is 19.1 Å². The fourth-order valence-corrected chi connectivity index (χ4v) is 5.15. The monoisotopic (exact) mass is 516 g/mol. The minimum atomic E-state index is -4.10. The molecule has 0 aliphatic rings. The SMILES string of the molecule is CCOCC(O)CN(c1cc(C)cc(OCCNc2ccnnc2)c1)S(=O)(=O)c1ccccc1OC. The Morgan fingerprint density at radius 2 is 1.94 bits per heavy atom. The molecule has 0 saturated carbocycles. The van der Waals surface area contributed by atoms with Gasteiger partial charge in [-0.05, 0) is 49.7 Å². The second kappa shape index (κ2) is 13.1. The number of rotatable bonds is 14. The maximum absolute atomic E-state index is 13.8. The van der Waals surface area contributed by atoms with Crippen LogP contribution in [0.3, 0.4) is 0 Å². The van der Waals surface area contributed by atoms with E-state index in [0.717, 1.165) is 15.6 Å². The van der Waals surface area contributed by atoms with Gasteiger partial charge in [0, 0.05) is 19.2 Å². The van der Waals surface area contributed by atoms with E-state index in [0.29, 0.717) is 31.2 Å². The molecule has 0 bridgehead atoms. The number of nitrogens with zero attached hydrogens (tertiary/aromatic N) is 3. The number of hydrogen-bond donors (Lipinski definition) is 2. The zero-order valence-electron chi connectivity index (χ0n) is 20.6. The van der Waals surface area contributed by atoms with Gasteiger partial charge in [0.05, 0.1) is 50.1 Å². The summed E-state index contributed by atoms with van der Waals surface area (Å²) >= 11 is 0. The number of methoxy groups -OCH3 is 1. The van der Waals surface area contributed by atoms with E-state index in [9.17, 15) is 13.5 Å². The molecule has 0 aliphatic heterocycles. The first-order valence-electron chi connectivity index (χ1n) is 11.5. The molecule has 1 heterocycles. The van der Waals surface area contributed by atoms with Crippen molar-refractivity contribution in [2.45, 2.75) is 24.8 Å². The number of sulfonamides is 1. The van der Waals surface area contributed by atoms with Gasteiger partial charge in [-0.2, -0.15) is 10.2 Å². The maximum atomic E-state index is 13.8. The summed E-state index contributed by atoms with van der Waals surface area (Å²) in [4.78, 5) is -0.00440. The number of aliphatic hydroxyl groups excluding tert-OH is 1. The van der Waals surface area contributed by atoms with Gasteiger partial charge in [-0.25, -0.2) is 8.42 Å². The molecule has 36 heavy (non-hydrogen) atoms. The standard InChI is InChI=1S/C25H32N4O6S/c1-4-34-18-22(30)17-29(36(31,32)25-8-6-5-7-24(25)33-3)21-13-19(2)14-23(15-21)35-12-11-26-20-9-10-27-28-16-20/h5-10,13-16,22,30H,4,11-12,17-18H2,1-3H3,(H,26,27). The normalized spacial score (nSPS) is 12.1. The van der Waals surface area contributed by atoms with E-state index in [1.54, 1.807) is 55.7 Å². The third-order valence-electron chi connectivity index (χ3n) is 5.14. The van der Waals surface area contributed by atoms with Gasteiger partial charge in [-0.15, -0.1) is 0 Å². The Morgan fingerprint density at radius 3 is 2.67 bits per heavy atom. The summed E-state index contributed by atoms with van der Waals surface area (Å²) in [6.07, 6.45) is 2.16. The molecule has 194 valence electrons. The van der Waals surface area contributed by atoms with Gasteiger partial charge < -0.3 is 24.6 Å². The molecule has 11 heteroatoms. The van der Waals surface area contributed by atoms with E-state index < -0.39 is 16.1 Å². The van der Waals surface area contributed by atoms with Crippen LogP contribution in [-0.4, -0.2) is 69.8 Å². The third kappa shape index (κ3) is 7.30. The number of ether oxygens (including phenoxy) is 3. The Balaban J connectivity index is 1.87. The van der Waals surface area contributed by atoms with Crippen molar-refractivity contribution in [1.29, 1.82) is 0 Å². The quantitative estimate of drug-likeness (QED) is 0.311. The van der Waals surface area contributed by atoms with Gasteiger partial charge in [-0.3, -0.25) is 4.31 Å². The third-order valence-corrected chi connectivity index (χ3v) is 6.97. The van der Waals surface area contributed by atoms with Crippen molar-refractivity contribution in [1.82, 2.24) is 10.2 Å². The summed E-state index contributed by atoms with van der Waals surface area (Å²) in [7, 11) is -2.69. The molecule has 2 aromatic carbocycles. The van der Waals surface area contributed by atoms with Gasteiger partial charge in [0.15, 0.2) is 0 Å². The van der Waals surface area contributed by atoms with Crippen molar-refractivity contribution in [3.05, 3.63) is 66.5 Å². The Kier molecular flexibility index (Phi) is 9.86. The highest BCUT2D eigenvalue weighted by Crippen LogP contribution is 2.32. The van der Waals surface area contributed by atoms with Crippen LogP contribution in [0.25, 0.3) is 0 Å². The Bertz CT molecular complexity index is 1210. The van der Waals surface area contributed by atoms with E-state index in [-0.39, 0.29) is 23.8 Å². The number of anilines is 2. The number of hydrogen-bond acceptors (Lipinski definition) is 9. The van der Waals surface area contributed by atoms with Crippen molar-refractivity contribution < 1.29 is 27.7 Å². The minimum absolute atomic E-state index is 0.000843. The molecule has 10 nitrogen and oxygen atoms in total. The number of aliphatic hydroxyl groups is 1. The van der Waals surface area contributed by atoms with Crippen molar-refractivity contribution in [3.8, 4) is 11.5 Å². The summed E-state index contributed by atoms with van der Waals surface area (Å²) in [6, 6.07) is 13.4. The Hall–Kier alpha value is -3.41. The van der Waals surface area contributed by atoms with Crippen molar-refractivity contribution in [2.75, 3.05) is 49.6 Å².